The largest absolute Gasteiger partial charge is 0.243 e. The highest BCUT2D eigenvalue weighted by Gasteiger charge is 2.34. The van der Waals surface area contributed by atoms with Crippen LogP contribution < -0.4 is 0 Å². The molecule has 1 aliphatic rings. The van der Waals surface area contributed by atoms with Crippen LogP contribution in [0.3, 0.4) is 0 Å². The molecule has 0 aromatic heterocycles. The number of hydrogen-bond acceptors (Lipinski definition) is 2. The Labute approximate surface area is 136 Å². The predicted octanol–water partition coefficient (Wildman–Crippen LogP) is 3.83. The van der Waals surface area contributed by atoms with E-state index in [1.807, 2.05) is 18.2 Å². The Morgan fingerprint density at radius 1 is 1.09 bits per heavy atom. The van der Waals surface area contributed by atoms with Crippen molar-refractivity contribution in [1.82, 2.24) is 4.31 Å². The average molecular weight is 336 g/mol. The number of halogens is 1. The van der Waals surface area contributed by atoms with Crippen molar-refractivity contribution in [1.29, 1.82) is 0 Å². The molecule has 22 heavy (non-hydrogen) atoms. The smallest absolute Gasteiger partial charge is 0.207 e. The molecule has 0 amide bonds. The second kappa shape index (κ2) is 6.03. The summed E-state index contributed by atoms with van der Waals surface area (Å²) in [6.45, 7) is 2.83. The first-order valence-corrected chi connectivity index (χ1v) is 9.12. The van der Waals surface area contributed by atoms with Crippen LogP contribution in [-0.2, 0) is 10.0 Å². The Balaban J connectivity index is 1.87. The number of hydrogen-bond donors (Lipinski definition) is 0. The van der Waals surface area contributed by atoms with Crippen molar-refractivity contribution in [3.8, 4) is 0 Å². The lowest BCUT2D eigenvalue weighted by Gasteiger charge is -2.18. The molecule has 0 bridgehead atoms. The second-order valence-electron chi connectivity index (χ2n) is 5.62. The molecule has 1 saturated heterocycles. The van der Waals surface area contributed by atoms with Gasteiger partial charge >= 0.3 is 0 Å². The average Bonchev–Trinajstić information content (AvgIpc) is 3.01. The predicted molar refractivity (Wildman–Crippen MR) is 88.7 cm³/mol. The summed E-state index contributed by atoms with van der Waals surface area (Å²) in [6.07, 6.45) is 0.850. The number of nitrogens with zero attached hydrogens (tertiary/aromatic N) is 1. The molecule has 3 rings (SSSR count). The van der Waals surface area contributed by atoms with Crippen molar-refractivity contribution >= 4 is 21.6 Å². The molecule has 0 spiro atoms. The molecular weight excluding hydrogens is 318 g/mol. The zero-order valence-electron chi connectivity index (χ0n) is 12.4. The van der Waals surface area contributed by atoms with E-state index in [1.165, 1.54) is 5.56 Å². The molecule has 5 heteroatoms. The first kappa shape index (κ1) is 15.5. The molecule has 116 valence electrons. The van der Waals surface area contributed by atoms with Gasteiger partial charge in [-0.05, 0) is 42.5 Å². The maximum atomic E-state index is 12.9. The molecule has 0 aliphatic carbocycles. The van der Waals surface area contributed by atoms with Gasteiger partial charge in [-0.25, -0.2) is 8.42 Å². The van der Waals surface area contributed by atoms with E-state index < -0.39 is 10.0 Å². The van der Waals surface area contributed by atoms with E-state index in [2.05, 4.69) is 12.1 Å². The summed E-state index contributed by atoms with van der Waals surface area (Å²) < 4.78 is 27.3. The summed E-state index contributed by atoms with van der Waals surface area (Å²) in [5, 5.41) is 0.486. The van der Waals surface area contributed by atoms with Gasteiger partial charge in [0.2, 0.25) is 10.0 Å². The molecule has 1 unspecified atom stereocenters. The van der Waals surface area contributed by atoms with Gasteiger partial charge in [0.05, 0.1) is 4.90 Å². The third kappa shape index (κ3) is 2.78. The number of sulfonamides is 1. The summed E-state index contributed by atoms with van der Waals surface area (Å²) in [4.78, 5) is 0.314. The van der Waals surface area contributed by atoms with Crippen molar-refractivity contribution in [3.05, 3.63) is 64.7 Å². The molecule has 0 radical (unpaired) electrons. The highest BCUT2D eigenvalue weighted by molar-refractivity contribution is 7.89. The molecule has 1 aliphatic heterocycles. The first-order valence-electron chi connectivity index (χ1n) is 7.30. The summed E-state index contributed by atoms with van der Waals surface area (Å²) in [6, 6.07) is 15.1. The van der Waals surface area contributed by atoms with Gasteiger partial charge in [0.15, 0.2) is 0 Å². The number of rotatable bonds is 3. The molecule has 3 nitrogen and oxygen atoms in total. The Kier molecular flexibility index (Phi) is 4.26. The quantitative estimate of drug-likeness (QED) is 0.855. The Morgan fingerprint density at radius 2 is 1.82 bits per heavy atom. The standard InChI is InChI=1S/C17H18ClNO2S/c1-13-16(18)8-5-9-17(13)22(20,21)19-11-10-15(12-19)14-6-3-2-4-7-14/h2-9,15H,10-12H2,1H3. The molecule has 0 saturated carbocycles. The molecule has 1 fully saturated rings. The molecule has 1 atom stereocenters. The van der Waals surface area contributed by atoms with Gasteiger partial charge in [0, 0.05) is 18.1 Å². The van der Waals surface area contributed by atoms with Crippen molar-refractivity contribution < 1.29 is 8.42 Å². The van der Waals surface area contributed by atoms with Crippen molar-refractivity contribution in [2.24, 2.45) is 0 Å². The van der Waals surface area contributed by atoms with E-state index in [0.29, 0.717) is 28.6 Å². The van der Waals surface area contributed by atoms with Gasteiger partial charge in [0.25, 0.3) is 0 Å². The Bertz CT molecular complexity index is 775. The SMILES string of the molecule is Cc1c(Cl)cccc1S(=O)(=O)N1CCC(c2ccccc2)C1. The van der Waals surface area contributed by atoms with Crippen LogP contribution >= 0.6 is 11.6 Å². The maximum Gasteiger partial charge on any atom is 0.243 e. The van der Waals surface area contributed by atoms with E-state index in [4.69, 9.17) is 11.6 Å². The summed E-state index contributed by atoms with van der Waals surface area (Å²) in [5.41, 5.74) is 1.82. The second-order valence-corrected chi connectivity index (χ2v) is 7.94. The van der Waals surface area contributed by atoms with Crippen molar-refractivity contribution in [2.75, 3.05) is 13.1 Å². The van der Waals surface area contributed by atoms with Gasteiger partial charge in [0.1, 0.15) is 0 Å². The van der Waals surface area contributed by atoms with E-state index in [0.717, 1.165) is 6.42 Å². The van der Waals surface area contributed by atoms with Crippen LogP contribution in [0.15, 0.2) is 53.4 Å². The molecule has 2 aromatic rings. The highest BCUT2D eigenvalue weighted by atomic mass is 35.5. The van der Waals surface area contributed by atoms with Gasteiger partial charge in [-0.1, -0.05) is 48.0 Å². The topological polar surface area (TPSA) is 37.4 Å². The van der Waals surface area contributed by atoms with Crippen LogP contribution in [0.5, 0.6) is 0 Å². The Morgan fingerprint density at radius 3 is 2.55 bits per heavy atom. The van der Waals surface area contributed by atoms with Crippen LogP contribution in [0.25, 0.3) is 0 Å². The Hall–Kier alpha value is -1.36. The minimum absolute atomic E-state index is 0.260. The summed E-state index contributed by atoms with van der Waals surface area (Å²) in [7, 11) is -3.48. The fraction of sp³-hybridized carbons (Fsp3) is 0.294. The van der Waals surface area contributed by atoms with Gasteiger partial charge in [-0.3, -0.25) is 0 Å². The third-order valence-corrected chi connectivity index (χ3v) is 6.68. The summed E-state index contributed by atoms with van der Waals surface area (Å²) in [5.74, 6) is 0.260. The summed E-state index contributed by atoms with van der Waals surface area (Å²) >= 11 is 6.07. The van der Waals surface area contributed by atoms with Crippen LogP contribution in [-0.4, -0.2) is 25.8 Å². The normalized spacial score (nSPS) is 19.5. The fourth-order valence-electron chi connectivity index (χ4n) is 2.95. The molecular formula is C17H18ClNO2S. The zero-order chi connectivity index (χ0) is 15.7. The lowest BCUT2D eigenvalue weighted by molar-refractivity contribution is 0.472. The van der Waals surface area contributed by atoms with E-state index in [-0.39, 0.29) is 5.92 Å². The van der Waals surface area contributed by atoms with E-state index >= 15 is 0 Å². The van der Waals surface area contributed by atoms with Crippen molar-refractivity contribution in [2.45, 2.75) is 24.2 Å². The first-order chi connectivity index (χ1) is 10.5. The minimum atomic E-state index is -3.48. The molecule has 1 heterocycles. The van der Waals surface area contributed by atoms with Crippen LogP contribution in [0.2, 0.25) is 5.02 Å². The molecule has 2 aromatic carbocycles. The lowest BCUT2D eigenvalue weighted by Crippen LogP contribution is -2.29. The van der Waals surface area contributed by atoms with E-state index in [1.54, 1.807) is 29.4 Å². The van der Waals surface area contributed by atoms with Crippen LogP contribution in [0.4, 0.5) is 0 Å². The van der Waals surface area contributed by atoms with E-state index in [9.17, 15) is 8.42 Å². The van der Waals surface area contributed by atoms with Gasteiger partial charge in [-0.2, -0.15) is 4.31 Å². The van der Waals surface area contributed by atoms with Gasteiger partial charge < -0.3 is 0 Å². The maximum absolute atomic E-state index is 12.9. The van der Waals surface area contributed by atoms with Gasteiger partial charge in [-0.15, -0.1) is 0 Å². The highest BCUT2D eigenvalue weighted by Crippen LogP contribution is 2.33. The minimum Gasteiger partial charge on any atom is -0.207 e. The van der Waals surface area contributed by atoms with Crippen molar-refractivity contribution in [3.63, 3.8) is 0 Å². The lowest BCUT2D eigenvalue weighted by atomic mass is 9.99. The van der Waals surface area contributed by atoms with Crippen LogP contribution in [0, 0.1) is 6.92 Å². The fourth-order valence-corrected chi connectivity index (χ4v) is 4.93. The van der Waals surface area contributed by atoms with Crippen LogP contribution in [0.1, 0.15) is 23.5 Å². The third-order valence-electron chi connectivity index (χ3n) is 4.26. The number of benzene rings is 2. The zero-order valence-corrected chi connectivity index (χ0v) is 13.9. The monoisotopic (exact) mass is 335 g/mol. The molecule has 0 N–H and O–H groups in total.